The number of benzene rings is 1. The lowest BCUT2D eigenvalue weighted by atomic mass is 10.2. The van der Waals surface area contributed by atoms with E-state index in [2.05, 4.69) is 30.5 Å². The van der Waals surface area contributed by atoms with E-state index in [0.717, 1.165) is 53.8 Å². The summed E-state index contributed by atoms with van der Waals surface area (Å²) in [6, 6.07) is 9.63. The highest BCUT2D eigenvalue weighted by Gasteiger charge is 2.16. The number of hydrogen-bond donors (Lipinski definition) is 2. The zero-order valence-corrected chi connectivity index (χ0v) is 20.2. The van der Waals surface area contributed by atoms with Crippen molar-refractivity contribution in [3.05, 3.63) is 48.3 Å². The minimum absolute atomic E-state index is 0.255. The minimum Gasteiger partial charge on any atom is -0.454 e. The van der Waals surface area contributed by atoms with Gasteiger partial charge in [0.1, 0.15) is 10.8 Å². The molecule has 0 unspecified atom stereocenters. The lowest BCUT2D eigenvalue weighted by Gasteiger charge is -2.22. The van der Waals surface area contributed by atoms with Crippen LogP contribution in [-0.2, 0) is 6.54 Å². The van der Waals surface area contributed by atoms with Crippen LogP contribution in [0.5, 0.6) is 11.5 Å². The van der Waals surface area contributed by atoms with Crippen LogP contribution in [0.1, 0.15) is 31.2 Å². The second kappa shape index (κ2) is 10.8. The molecule has 0 bridgehead atoms. The van der Waals surface area contributed by atoms with E-state index < -0.39 is 0 Å². The molecule has 2 N–H and O–H groups in total. The van der Waals surface area contributed by atoms with Crippen LogP contribution in [0.2, 0.25) is 0 Å². The monoisotopic (exact) mass is 495 g/mol. The molecule has 1 saturated heterocycles. The summed E-state index contributed by atoms with van der Waals surface area (Å²) in [4.78, 5) is 20.4. The Morgan fingerprint density at radius 1 is 1.00 bits per heavy atom. The van der Waals surface area contributed by atoms with Gasteiger partial charge in [0.15, 0.2) is 21.8 Å². The molecule has 2 aromatic heterocycles. The highest BCUT2D eigenvalue weighted by Crippen LogP contribution is 2.32. The summed E-state index contributed by atoms with van der Waals surface area (Å²) >= 11 is 6.93. The van der Waals surface area contributed by atoms with Crippen LogP contribution in [0.4, 0.5) is 11.8 Å². The van der Waals surface area contributed by atoms with Gasteiger partial charge < -0.3 is 25.0 Å². The molecule has 34 heavy (non-hydrogen) atoms. The first-order valence-corrected chi connectivity index (χ1v) is 12.5. The van der Waals surface area contributed by atoms with Crippen molar-refractivity contribution in [2.45, 2.75) is 42.4 Å². The fraction of sp³-hybridized carbons (Fsp3) is 0.348. The van der Waals surface area contributed by atoms with Crippen molar-refractivity contribution in [2.24, 2.45) is 0 Å². The summed E-state index contributed by atoms with van der Waals surface area (Å²) in [6.45, 7) is 2.75. The molecule has 3 aromatic rings. The van der Waals surface area contributed by atoms with Gasteiger partial charge in [-0.15, -0.1) is 0 Å². The SMILES string of the molecule is S=C(NCc1ccc2c(c1)OCO2)Nc1nc(Sc2ncccn2)cc(N2CCCCCC2)n1. The maximum Gasteiger partial charge on any atom is 0.232 e. The summed E-state index contributed by atoms with van der Waals surface area (Å²) in [5.41, 5.74) is 1.03. The zero-order valence-electron chi connectivity index (χ0n) is 18.6. The van der Waals surface area contributed by atoms with Crippen molar-refractivity contribution >= 4 is 40.9 Å². The highest BCUT2D eigenvalue weighted by molar-refractivity contribution is 7.99. The zero-order chi connectivity index (χ0) is 23.2. The van der Waals surface area contributed by atoms with Crippen LogP contribution in [0.15, 0.2) is 52.9 Å². The van der Waals surface area contributed by atoms with Crippen molar-refractivity contribution in [2.75, 3.05) is 30.1 Å². The Morgan fingerprint density at radius 3 is 2.62 bits per heavy atom. The van der Waals surface area contributed by atoms with E-state index in [-0.39, 0.29) is 6.79 Å². The predicted molar refractivity (Wildman–Crippen MR) is 134 cm³/mol. The van der Waals surface area contributed by atoms with Gasteiger partial charge in [-0.3, -0.25) is 0 Å². The van der Waals surface area contributed by atoms with Gasteiger partial charge in [0, 0.05) is 38.1 Å². The van der Waals surface area contributed by atoms with Crippen LogP contribution >= 0.6 is 24.0 Å². The first-order chi connectivity index (χ1) is 16.7. The smallest absolute Gasteiger partial charge is 0.232 e. The number of anilines is 2. The van der Waals surface area contributed by atoms with Gasteiger partial charge in [-0.05, 0) is 60.6 Å². The van der Waals surface area contributed by atoms with Gasteiger partial charge in [-0.2, -0.15) is 4.98 Å². The number of rotatable bonds is 6. The van der Waals surface area contributed by atoms with E-state index in [0.29, 0.717) is 22.8 Å². The Labute approximate surface area is 207 Å². The Hall–Kier alpha value is -3.18. The van der Waals surface area contributed by atoms with Gasteiger partial charge in [-0.1, -0.05) is 18.9 Å². The second-order valence-electron chi connectivity index (χ2n) is 7.92. The third kappa shape index (κ3) is 5.84. The molecule has 0 atom stereocenters. The first kappa shape index (κ1) is 22.6. The minimum atomic E-state index is 0.255. The second-order valence-corrected chi connectivity index (χ2v) is 9.31. The molecule has 2 aliphatic rings. The average Bonchev–Trinajstić information content (AvgIpc) is 3.14. The molecule has 4 heterocycles. The number of ether oxygens (including phenoxy) is 2. The molecular weight excluding hydrogens is 470 g/mol. The number of nitrogens with one attached hydrogen (secondary N) is 2. The number of thiocarbonyl (C=S) groups is 1. The molecule has 0 amide bonds. The maximum atomic E-state index is 5.53. The van der Waals surface area contributed by atoms with Crippen molar-refractivity contribution in [1.29, 1.82) is 0 Å². The predicted octanol–water partition coefficient (Wildman–Crippen LogP) is 4.01. The van der Waals surface area contributed by atoms with Crippen LogP contribution in [-0.4, -0.2) is 44.9 Å². The van der Waals surface area contributed by atoms with Gasteiger partial charge in [-0.25, -0.2) is 15.0 Å². The van der Waals surface area contributed by atoms with E-state index in [1.165, 1.54) is 24.6 Å². The maximum absolute atomic E-state index is 5.53. The Morgan fingerprint density at radius 2 is 1.79 bits per heavy atom. The third-order valence-electron chi connectivity index (χ3n) is 5.47. The molecule has 0 spiro atoms. The van der Waals surface area contributed by atoms with Crippen molar-refractivity contribution < 1.29 is 9.47 Å². The van der Waals surface area contributed by atoms with E-state index in [9.17, 15) is 0 Å². The molecule has 1 aromatic carbocycles. The van der Waals surface area contributed by atoms with Crippen LogP contribution in [0.25, 0.3) is 0 Å². The molecule has 2 aliphatic heterocycles. The van der Waals surface area contributed by atoms with Crippen molar-refractivity contribution in [3.8, 4) is 11.5 Å². The summed E-state index contributed by atoms with van der Waals surface area (Å²) < 4.78 is 10.8. The molecule has 9 nitrogen and oxygen atoms in total. The number of nitrogens with zero attached hydrogens (tertiary/aromatic N) is 5. The third-order valence-corrected chi connectivity index (χ3v) is 6.53. The van der Waals surface area contributed by atoms with Gasteiger partial charge in [0.2, 0.25) is 12.7 Å². The molecule has 0 aliphatic carbocycles. The molecule has 0 saturated carbocycles. The summed E-state index contributed by atoms with van der Waals surface area (Å²) in [7, 11) is 0. The highest BCUT2D eigenvalue weighted by atomic mass is 32.2. The van der Waals surface area contributed by atoms with Crippen molar-refractivity contribution in [1.82, 2.24) is 25.3 Å². The van der Waals surface area contributed by atoms with Gasteiger partial charge in [0.05, 0.1) is 0 Å². The van der Waals surface area contributed by atoms with Crippen LogP contribution in [0.3, 0.4) is 0 Å². The molecule has 1 fully saturated rings. The number of hydrogen-bond acceptors (Lipinski definition) is 9. The van der Waals surface area contributed by atoms with E-state index in [1.54, 1.807) is 18.5 Å². The first-order valence-electron chi connectivity index (χ1n) is 11.3. The van der Waals surface area contributed by atoms with E-state index in [4.69, 9.17) is 26.7 Å². The molecule has 11 heteroatoms. The normalized spacial score (nSPS) is 15.0. The topological polar surface area (TPSA) is 97.3 Å². The number of aromatic nitrogens is 4. The lowest BCUT2D eigenvalue weighted by Crippen LogP contribution is -2.30. The number of fused-ring (bicyclic) bond motifs is 1. The standard InChI is InChI=1S/C23H25N7O2S2/c33-22(26-14-16-6-7-17-18(12-16)32-15-31-17)29-21-27-19(30-10-3-1-2-4-11-30)13-20(28-21)34-23-24-8-5-9-25-23/h5-9,12-13H,1-4,10-11,14-15H2,(H2,26,27,28,29,33). The Kier molecular flexibility index (Phi) is 7.20. The largest absolute Gasteiger partial charge is 0.454 e. The van der Waals surface area contributed by atoms with Gasteiger partial charge in [0.25, 0.3) is 0 Å². The summed E-state index contributed by atoms with van der Waals surface area (Å²) in [5.74, 6) is 2.84. The summed E-state index contributed by atoms with van der Waals surface area (Å²) in [5, 5.41) is 8.21. The van der Waals surface area contributed by atoms with Crippen LogP contribution < -0.4 is 25.0 Å². The summed E-state index contributed by atoms with van der Waals surface area (Å²) in [6.07, 6.45) is 8.26. The molecular formula is C23H25N7O2S2. The fourth-order valence-corrected chi connectivity index (χ4v) is 4.67. The fourth-order valence-electron chi connectivity index (χ4n) is 3.79. The van der Waals surface area contributed by atoms with E-state index in [1.807, 2.05) is 24.3 Å². The Bertz CT molecular complexity index is 1140. The van der Waals surface area contributed by atoms with Crippen LogP contribution in [0, 0.1) is 0 Å². The molecule has 5 rings (SSSR count). The van der Waals surface area contributed by atoms with Gasteiger partial charge >= 0.3 is 0 Å². The van der Waals surface area contributed by atoms with Crippen molar-refractivity contribution in [3.63, 3.8) is 0 Å². The quantitative estimate of drug-likeness (QED) is 0.295. The molecule has 176 valence electrons. The average molecular weight is 496 g/mol. The molecule has 0 radical (unpaired) electrons. The lowest BCUT2D eigenvalue weighted by molar-refractivity contribution is 0.174. The van der Waals surface area contributed by atoms with E-state index >= 15 is 0 Å². The Balaban J connectivity index is 1.30.